The molecule has 2 aromatic carbocycles. The van der Waals surface area contributed by atoms with Gasteiger partial charge < -0.3 is 10.4 Å². The van der Waals surface area contributed by atoms with E-state index in [-0.39, 0.29) is 4.90 Å². The first-order chi connectivity index (χ1) is 13.6. The number of halogens is 4. The lowest BCUT2D eigenvalue weighted by Crippen LogP contribution is -2.45. The van der Waals surface area contributed by atoms with Gasteiger partial charge in [-0.1, -0.05) is 0 Å². The number of aliphatic hydroxyl groups is 1. The molecule has 0 aromatic heterocycles. The zero-order valence-corrected chi connectivity index (χ0v) is 15.9. The maximum absolute atomic E-state index is 13.0. The Balaban J connectivity index is 2.28. The predicted octanol–water partition coefficient (Wildman–Crippen LogP) is 2.92. The minimum atomic E-state index is -5.10. The van der Waals surface area contributed by atoms with Gasteiger partial charge in [0.1, 0.15) is 11.4 Å². The van der Waals surface area contributed by atoms with E-state index in [0.29, 0.717) is 12.1 Å². The molecular formula is C17H14F4N2O6S. The molecule has 30 heavy (non-hydrogen) atoms. The monoisotopic (exact) mass is 450 g/mol. The Hall–Kier alpha value is -3.06. The number of hydrogen-bond donors (Lipinski definition) is 2. The van der Waals surface area contributed by atoms with Crippen LogP contribution in [0.5, 0.6) is 0 Å². The van der Waals surface area contributed by atoms with Crippen molar-refractivity contribution in [2.24, 2.45) is 0 Å². The first-order valence-corrected chi connectivity index (χ1v) is 9.66. The molecular weight excluding hydrogens is 436 g/mol. The van der Waals surface area contributed by atoms with Gasteiger partial charge in [-0.25, -0.2) is 12.8 Å². The average Bonchev–Trinajstić information content (AvgIpc) is 2.60. The average molecular weight is 450 g/mol. The van der Waals surface area contributed by atoms with Crippen LogP contribution in [0.2, 0.25) is 0 Å². The maximum Gasteiger partial charge on any atom is 0.423 e. The molecule has 162 valence electrons. The van der Waals surface area contributed by atoms with Crippen molar-refractivity contribution in [2.45, 2.75) is 23.6 Å². The molecule has 0 aliphatic heterocycles. The first kappa shape index (κ1) is 23.2. The molecule has 0 radical (unpaired) electrons. The van der Waals surface area contributed by atoms with E-state index in [1.54, 1.807) is 0 Å². The van der Waals surface area contributed by atoms with Gasteiger partial charge in [-0.3, -0.25) is 14.9 Å². The predicted molar refractivity (Wildman–Crippen MR) is 95.8 cm³/mol. The number of benzene rings is 2. The summed E-state index contributed by atoms with van der Waals surface area (Å²) in [5.41, 5.74) is -6.01. The van der Waals surface area contributed by atoms with Crippen LogP contribution in [-0.2, 0) is 20.8 Å². The molecule has 0 heterocycles. The number of hydrogen-bond acceptors (Lipinski definition) is 6. The third-order valence-corrected chi connectivity index (χ3v) is 5.82. The van der Waals surface area contributed by atoms with Crippen LogP contribution in [0, 0.1) is 15.9 Å². The Morgan fingerprint density at radius 1 is 1.17 bits per heavy atom. The molecule has 0 saturated heterocycles. The second kappa shape index (κ2) is 7.99. The lowest BCUT2D eigenvalue weighted by atomic mass is 10.1. The molecule has 8 nitrogen and oxygen atoms in total. The lowest BCUT2D eigenvalue weighted by molar-refractivity contribution is -0.388. The molecule has 0 aliphatic rings. The Morgan fingerprint density at radius 3 is 2.23 bits per heavy atom. The Labute approximate surface area is 167 Å². The fraction of sp³-hybridized carbons (Fsp3) is 0.235. The quantitative estimate of drug-likeness (QED) is 0.302. The number of carbonyl (C=O) groups excluding carboxylic acids is 1. The van der Waals surface area contributed by atoms with Gasteiger partial charge in [0.15, 0.2) is 15.4 Å². The summed E-state index contributed by atoms with van der Waals surface area (Å²) in [6.07, 6.45) is -5.10. The number of alkyl halides is 3. The highest BCUT2D eigenvalue weighted by Crippen LogP contribution is 2.37. The van der Waals surface area contributed by atoms with Crippen LogP contribution in [0.15, 0.2) is 47.4 Å². The van der Waals surface area contributed by atoms with Crippen LogP contribution in [0.3, 0.4) is 0 Å². The molecule has 13 heteroatoms. The fourth-order valence-electron chi connectivity index (χ4n) is 2.43. The Morgan fingerprint density at radius 2 is 1.73 bits per heavy atom. The number of carbonyl (C=O) groups is 1. The molecule has 0 aliphatic carbocycles. The Bertz CT molecular complexity index is 1080. The summed E-state index contributed by atoms with van der Waals surface area (Å²) >= 11 is 0. The van der Waals surface area contributed by atoms with Gasteiger partial charge in [0.2, 0.25) is 0 Å². The van der Waals surface area contributed by atoms with E-state index < -0.39 is 61.0 Å². The van der Waals surface area contributed by atoms with Crippen LogP contribution in [0.25, 0.3) is 0 Å². The fourth-order valence-corrected chi connectivity index (χ4v) is 4.02. The third kappa shape index (κ3) is 5.30. The van der Waals surface area contributed by atoms with E-state index in [1.807, 2.05) is 5.32 Å². The molecule has 1 unspecified atom stereocenters. The van der Waals surface area contributed by atoms with E-state index in [4.69, 9.17) is 0 Å². The van der Waals surface area contributed by atoms with Gasteiger partial charge >= 0.3 is 6.18 Å². The highest BCUT2D eigenvalue weighted by atomic mass is 32.2. The number of nitrogens with one attached hydrogen (secondary N) is 1. The molecule has 0 saturated carbocycles. The van der Waals surface area contributed by atoms with Gasteiger partial charge in [0, 0.05) is 11.8 Å². The molecule has 2 aromatic rings. The summed E-state index contributed by atoms with van der Waals surface area (Å²) in [4.78, 5) is 21.4. The summed E-state index contributed by atoms with van der Waals surface area (Å²) < 4.78 is 76.7. The van der Waals surface area contributed by atoms with Crippen LogP contribution < -0.4 is 5.32 Å². The summed E-state index contributed by atoms with van der Waals surface area (Å²) in [6, 6.07) is 5.17. The van der Waals surface area contributed by atoms with Crippen molar-refractivity contribution < 1.29 is 40.8 Å². The van der Waals surface area contributed by atoms with Crippen molar-refractivity contribution in [1.82, 2.24) is 0 Å². The van der Waals surface area contributed by atoms with Crippen molar-refractivity contribution in [3.8, 4) is 0 Å². The van der Waals surface area contributed by atoms with E-state index >= 15 is 0 Å². The number of nitrogens with zero attached hydrogens (tertiary/aromatic N) is 1. The van der Waals surface area contributed by atoms with Crippen molar-refractivity contribution in [1.29, 1.82) is 0 Å². The number of nitro benzene ring substituents is 1. The van der Waals surface area contributed by atoms with Crippen molar-refractivity contribution in [3.63, 3.8) is 0 Å². The van der Waals surface area contributed by atoms with E-state index in [0.717, 1.165) is 37.3 Å². The van der Waals surface area contributed by atoms with Crippen LogP contribution in [0.1, 0.15) is 12.5 Å². The van der Waals surface area contributed by atoms with E-state index in [2.05, 4.69) is 0 Å². The highest BCUT2D eigenvalue weighted by Gasteiger charge is 2.40. The summed E-state index contributed by atoms with van der Waals surface area (Å²) in [5, 5.41) is 22.9. The van der Waals surface area contributed by atoms with Crippen molar-refractivity contribution in [3.05, 3.63) is 64.0 Å². The first-order valence-electron chi connectivity index (χ1n) is 8.01. The molecule has 0 fully saturated rings. The van der Waals surface area contributed by atoms with Gasteiger partial charge in [-0.15, -0.1) is 0 Å². The summed E-state index contributed by atoms with van der Waals surface area (Å²) in [7, 11) is -4.27. The minimum absolute atomic E-state index is 0.292. The van der Waals surface area contributed by atoms with Gasteiger partial charge in [0.25, 0.3) is 11.6 Å². The highest BCUT2D eigenvalue weighted by molar-refractivity contribution is 7.91. The molecule has 0 bridgehead atoms. The molecule has 0 spiro atoms. The van der Waals surface area contributed by atoms with E-state index in [9.17, 15) is 46.0 Å². The van der Waals surface area contributed by atoms with E-state index in [1.165, 1.54) is 0 Å². The molecule has 1 amide bonds. The van der Waals surface area contributed by atoms with Crippen LogP contribution >= 0.6 is 0 Å². The number of anilines is 1. The summed E-state index contributed by atoms with van der Waals surface area (Å²) in [5.74, 6) is -3.23. The minimum Gasteiger partial charge on any atom is -0.379 e. The van der Waals surface area contributed by atoms with Crippen molar-refractivity contribution >= 4 is 27.1 Å². The smallest absolute Gasteiger partial charge is 0.379 e. The van der Waals surface area contributed by atoms with Crippen molar-refractivity contribution in [2.75, 3.05) is 11.1 Å². The largest absolute Gasteiger partial charge is 0.423 e. The van der Waals surface area contributed by atoms with Crippen LogP contribution in [0.4, 0.5) is 28.9 Å². The zero-order chi connectivity index (χ0) is 22.9. The number of amides is 1. The number of nitro groups is 1. The SMILES string of the molecule is CC(O)(CS(=O)(=O)c1ccc(F)cc1)C(=O)Nc1ccc([N+](=O)[O-])c(C(F)(F)F)c1. The third-order valence-electron chi connectivity index (χ3n) is 3.89. The van der Waals surface area contributed by atoms with Gasteiger partial charge in [-0.2, -0.15) is 13.2 Å². The standard InChI is InChI=1S/C17H14F4N2O6S/c1-16(25,9-30(28,29)12-5-2-10(18)3-6-12)15(24)22-11-4-7-14(23(26)27)13(8-11)17(19,20)21/h2-8,25H,9H2,1H3,(H,22,24). The van der Waals surface area contributed by atoms with Gasteiger partial charge in [0.05, 0.1) is 15.6 Å². The topological polar surface area (TPSA) is 127 Å². The number of rotatable bonds is 6. The second-order valence-electron chi connectivity index (χ2n) is 6.43. The van der Waals surface area contributed by atoms with Crippen LogP contribution in [-0.4, -0.2) is 35.7 Å². The zero-order valence-electron chi connectivity index (χ0n) is 15.1. The van der Waals surface area contributed by atoms with Gasteiger partial charge in [-0.05, 0) is 43.3 Å². The summed E-state index contributed by atoms with van der Waals surface area (Å²) in [6.45, 7) is 0.819. The molecule has 2 N–H and O–H groups in total. The number of sulfone groups is 1. The molecule has 1 atom stereocenters. The maximum atomic E-state index is 13.0. The molecule has 2 rings (SSSR count). The second-order valence-corrected chi connectivity index (χ2v) is 8.42. The lowest BCUT2D eigenvalue weighted by Gasteiger charge is -2.22. The normalized spacial score (nSPS) is 14.1. The Kier molecular flexibility index (Phi) is 6.18.